The zero-order valence-corrected chi connectivity index (χ0v) is 16.2. The maximum absolute atomic E-state index is 12.5. The van der Waals surface area contributed by atoms with Crippen molar-refractivity contribution >= 4 is 22.5 Å². The Labute approximate surface area is 159 Å². The molecule has 1 unspecified atom stereocenters. The molecule has 2 heterocycles. The highest BCUT2D eigenvalue weighted by molar-refractivity contribution is 6.03. The first-order valence-corrected chi connectivity index (χ1v) is 9.21. The molecular formula is C21H26N4O2. The van der Waals surface area contributed by atoms with Crippen molar-refractivity contribution in [3.8, 4) is 0 Å². The molecule has 0 saturated heterocycles. The first-order valence-electron chi connectivity index (χ1n) is 9.21. The molecule has 3 aromatic rings. The maximum atomic E-state index is 12.5. The molecule has 0 aliphatic carbocycles. The van der Waals surface area contributed by atoms with E-state index in [1.807, 2.05) is 25.1 Å². The number of pyridine rings is 1. The van der Waals surface area contributed by atoms with Crippen LogP contribution in [0.25, 0.3) is 10.9 Å². The fraction of sp³-hybridized carbons (Fsp3) is 0.381. The van der Waals surface area contributed by atoms with Gasteiger partial charge in [-0.2, -0.15) is 0 Å². The van der Waals surface area contributed by atoms with E-state index in [0.717, 1.165) is 23.7 Å². The molecular weight excluding hydrogens is 340 g/mol. The maximum Gasteiger partial charge on any atom is 0.277 e. The van der Waals surface area contributed by atoms with Crippen LogP contribution in [-0.2, 0) is 5.41 Å². The third-order valence-corrected chi connectivity index (χ3v) is 4.46. The minimum absolute atomic E-state index is 0.0275. The number of anilines is 1. The van der Waals surface area contributed by atoms with Crippen molar-refractivity contribution in [3.63, 3.8) is 0 Å². The Bertz CT molecular complexity index is 956. The van der Waals surface area contributed by atoms with Gasteiger partial charge in [0.15, 0.2) is 5.69 Å². The number of carbonyl (C=O) groups is 1. The number of nitrogens with one attached hydrogen (secondary N) is 1. The summed E-state index contributed by atoms with van der Waals surface area (Å²) in [4.78, 5) is 21.2. The van der Waals surface area contributed by atoms with Crippen molar-refractivity contribution in [2.24, 2.45) is 5.73 Å². The first-order chi connectivity index (χ1) is 12.8. The Morgan fingerprint density at radius 1 is 1.33 bits per heavy atom. The van der Waals surface area contributed by atoms with Crippen LogP contribution in [0.5, 0.6) is 0 Å². The topological polar surface area (TPSA) is 94.0 Å². The highest BCUT2D eigenvalue weighted by Gasteiger charge is 2.19. The Balaban J connectivity index is 1.85. The fourth-order valence-corrected chi connectivity index (χ4v) is 3.06. The summed E-state index contributed by atoms with van der Waals surface area (Å²) in [5.74, 6) is 0.0387. The predicted molar refractivity (Wildman–Crippen MR) is 107 cm³/mol. The Kier molecular flexibility index (Phi) is 5.28. The van der Waals surface area contributed by atoms with Crippen LogP contribution in [0.15, 0.2) is 41.1 Å². The average Bonchev–Trinajstić information content (AvgIpc) is 3.11. The molecule has 0 fully saturated rings. The Morgan fingerprint density at radius 2 is 2.11 bits per heavy atom. The second-order valence-corrected chi connectivity index (χ2v) is 7.77. The van der Waals surface area contributed by atoms with Gasteiger partial charge in [-0.3, -0.25) is 9.78 Å². The second-order valence-electron chi connectivity index (χ2n) is 7.77. The number of fused-ring (bicyclic) bond motifs is 1. The molecule has 1 amide bonds. The SMILES string of the molecule is CCCC(N)c1nc(C(=O)Nc2cnc3cccc(C(C)(C)C)c3c2)co1. The van der Waals surface area contributed by atoms with E-state index in [1.165, 1.54) is 11.8 Å². The summed E-state index contributed by atoms with van der Waals surface area (Å²) in [5, 5.41) is 3.87. The van der Waals surface area contributed by atoms with Gasteiger partial charge in [-0.05, 0) is 29.5 Å². The van der Waals surface area contributed by atoms with Gasteiger partial charge >= 0.3 is 0 Å². The van der Waals surface area contributed by atoms with Crippen LogP contribution in [0, 0.1) is 0 Å². The molecule has 0 saturated carbocycles. The van der Waals surface area contributed by atoms with E-state index in [4.69, 9.17) is 10.2 Å². The molecule has 1 aromatic carbocycles. The Hall–Kier alpha value is -2.73. The minimum atomic E-state index is -0.344. The van der Waals surface area contributed by atoms with E-state index >= 15 is 0 Å². The summed E-state index contributed by atoms with van der Waals surface area (Å²) in [7, 11) is 0. The number of nitrogens with zero attached hydrogens (tertiary/aromatic N) is 2. The molecule has 6 nitrogen and oxygen atoms in total. The minimum Gasteiger partial charge on any atom is -0.446 e. The number of amides is 1. The highest BCUT2D eigenvalue weighted by atomic mass is 16.3. The number of hydrogen-bond acceptors (Lipinski definition) is 5. The lowest BCUT2D eigenvalue weighted by Crippen LogP contribution is -2.15. The summed E-state index contributed by atoms with van der Waals surface area (Å²) in [6, 6.07) is 7.72. The number of rotatable bonds is 5. The Morgan fingerprint density at radius 3 is 2.81 bits per heavy atom. The highest BCUT2D eigenvalue weighted by Crippen LogP contribution is 2.30. The molecule has 3 N–H and O–H groups in total. The van der Waals surface area contributed by atoms with Crippen LogP contribution in [-0.4, -0.2) is 15.9 Å². The van der Waals surface area contributed by atoms with E-state index in [0.29, 0.717) is 11.6 Å². The standard InChI is InChI=1S/C21H26N4O2/c1-5-7-16(22)20-25-18(12-27-20)19(26)24-13-10-14-15(21(2,3)4)8-6-9-17(14)23-11-13/h6,8-12,16H,5,7,22H2,1-4H3,(H,24,26). The van der Waals surface area contributed by atoms with Gasteiger partial charge in [0.1, 0.15) is 6.26 Å². The zero-order chi connectivity index (χ0) is 19.6. The van der Waals surface area contributed by atoms with Crippen molar-refractivity contribution in [1.82, 2.24) is 9.97 Å². The van der Waals surface area contributed by atoms with Gasteiger partial charge in [0.25, 0.3) is 5.91 Å². The predicted octanol–water partition coefficient (Wildman–Crippen LogP) is 4.57. The molecule has 0 aliphatic rings. The molecule has 27 heavy (non-hydrogen) atoms. The summed E-state index contributed by atoms with van der Waals surface area (Å²) in [5.41, 5.74) is 8.87. The third-order valence-electron chi connectivity index (χ3n) is 4.46. The lowest BCUT2D eigenvalue weighted by atomic mass is 9.84. The first kappa shape index (κ1) is 19.0. The van der Waals surface area contributed by atoms with Crippen LogP contribution in [0.3, 0.4) is 0 Å². The van der Waals surface area contributed by atoms with Crippen LogP contribution in [0.2, 0.25) is 0 Å². The van der Waals surface area contributed by atoms with Crippen molar-refractivity contribution in [2.45, 2.75) is 52.0 Å². The number of carbonyl (C=O) groups excluding carboxylic acids is 1. The summed E-state index contributed by atoms with van der Waals surface area (Å²) < 4.78 is 5.36. The molecule has 3 rings (SSSR count). The van der Waals surface area contributed by atoms with Crippen LogP contribution in [0.4, 0.5) is 5.69 Å². The molecule has 2 aromatic heterocycles. The fourth-order valence-electron chi connectivity index (χ4n) is 3.06. The summed E-state index contributed by atoms with van der Waals surface area (Å²) in [6.45, 7) is 8.51. The molecule has 6 heteroatoms. The van der Waals surface area contributed by atoms with Gasteiger partial charge in [0, 0.05) is 5.39 Å². The van der Waals surface area contributed by atoms with Crippen LogP contribution in [0.1, 0.15) is 68.5 Å². The molecule has 0 aliphatic heterocycles. The molecule has 1 atom stereocenters. The number of nitrogens with two attached hydrogens (primary N) is 1. The van der Waals surface area contributed by atoms with Gasteiger partial charge in [-0.25, -0.2) is 4.98 Å². The lowest BCUT2D eigenvalue weighted by Gasteiger charge is -2.21. The molecule has 0 spiro atoms. The summed E-state index contributed by atoms with van der Waals surface area (Å²) >= 11 is 0. The number of aromatic nitrogens is 2. The largest absolute Gasteiger partial charge is 0.446 e. The van der Waals surface area contributed by atoms with Crippen molar-refractivity contribution < 1.29 is 9.21 Å². The molecule has 0 bridgehead atoms. The van der Waals surface area contributed by atoms with E-state index in [1.54, 1.807) is 6.20 Å². The smallest absolute Gasteiger partial charge is 0.277 e. The number of oxazole rings is 1. The summed E-state index contributed by atoms with van der Waals surface area (Å²) in [6.07, 6.45) is 4.67. The number of hydrogen-bond donors (Lipinski definition) is 2. The van der Waals surface area contributed by atoms with Gasteiger partial charge < -0.3 is 15.5 Å². The molecule has 142 valence electrons. The normalized spacial score (nSPS) is 12.9. The monoisotopic (exact) mass is 366 g/mol. The van der Waals surface area contributed by atoms with Crippen LogP contribution >= 0.6 is 0 Å². The van der Waals surface area contributed by atoms with E-state index in [9.17, 15) is 4.79 Å². The van der Waals surface area contributed by atoms with Gasteiger partial charge in [0.05, 0.1) is 23.4 Å². The van der Waals surface area contributed by atoms with Gasteiger partial charge in [-0.15, -0.1) is 0 Å². The second kappa shape index (κ2) is 7.48. The van der Waals surface area contributed by atoms with Crippen molar-refractivity contribution in [3.05, 3.63) is 53.9 Å². The van der Waals surface area contributed by atoms with E-state index < -0.39 is 0 Å². The van der Waals surface area contributed by atoms with Crippen LogP contribution < -0.4 is 11.1 Å². The number of benzene rings is 1. The van der Waals surface area contributed by atoms with Crippen molar-refractivity contribution in [1.29, 1.82) is 0 Å². The quantitative estimate of drug-likeness (QED) is 0.689. The third kappa shape index (κ3) is 4.17. The van der Waals surface area contributed by atoms with Gasteiger partial charge in [0.2, 0.25) is 5.89 Å². The molecule has 0 radical (unpaired) electrons. The van der Waals surface area contributed by atoms with E-state index in [2.05, 4.69) is 42.1 Å². The van der Waals surface area contributed by atoms with Crippen molar-refractivity contribution in [2.75, 3.05) is 5.32 Å². The van der Waals surface area contributed by atoms with Gasteiger partial charge in [-0.1, -0.05) is 46.2 Å². The lowest BCUT2D eigenvalue weighted by molar-refractivity contribution is 0.102. The van der Waals surface area contributed by atoms with E-state index in [-0.39, 0.29) is 23.1 Å². The zero-order valence-electron chi connectivity index (χ0n) is 16.2. The average molecular weight is 366 g/mol.